The smallest absolute Gasteiger partial charge is 0.323 e. The maximum atomic E-state index is 4.20. The number of aromatic nitrogens is 1. The average molecular weight is 269 g/mol. The monoisotopic (exact) mass is 267 g/mol. The van der Waals surface area contributed by atoms with Crippen molar-refractivity contribution in [2.24, 2.45) is 0 Å². The predicted molar refractivity (Wildman–Crippen MR) is 49.6 cm³/mol. The Labute approximate surface area is 86.2 Å². The van der Waals surface area contributed by atoms with Crippen molar-refractivity contribution in [2.75, 3.05) is 0 Å². The highest BCUT2D eigenvalue weighted by atomic mass is 79.9. The standard InChI is InChI=1S/C6H3BrNS2.ClH/c7-4-1-2-5-6(3-4)9-10-8-5;/h1-3H;1H/q+1;/p-1. The Morgan fingerprint density at radius 1 is 1.45 bits per heavy atom. The molecule has 0 amide bonds. The molecule has 2 aromatic rings. The summed E-state index contributed by atoms with van der Waals surface area (Å²) in [4.78, 5) is 0. The van der Waals surface area contributed by atoms with Gasteiger partial charge in [0.1, 0.15) is 5.52 Å². The number of halogens is 2. The van der Waals surface area contributed by atoms with Crippen LogP contribution in [0, 0.1) is 0 Å². The summed E-state index contributed by atoms with van der Waals surface area (Å²) in [6.45, 7) is 0. The summed E-state index contributed by atoms with van der Waals surface area (Å²) >= 11 is 3.40. The van der Waals surface area contributed by atoms with Gasteiger partial charge in [-0.2, -0.15) is 0 Å². The number of fused-ring (bicyclic) bond motifs is 1. The van der Waals surface area contributed by atoms with Crippen LogP contribution in [0.15, 0.2) is 22.7 Å². The quantitative estimate of drug-likeness (QED) is 0.498. The van der Waals surface area contributed by atoms with Crippen molar-refractivity contribution in [3.63, 3.8) is 0 Å². The first-order valence-electron chi connectivity index (χ1n) is 2.70. The third-order valence-electron chi connectivity index (χ3n) is 1.18. The molecule has 0 aliphatic heterocycles. The fourth-order valence-electron chi connectivity index (χ4n) is 0.729. The normalized spacial score (nSPS) is 9.55. The summed E-state index contributed by atoms with van der Waals surface area (Å²) in [6, 6.07) is 6.12. The van der Waals surface area contributed by atoms with Crippen LogP contribution < -0.4 is 12.4 Å². The van der Waals surface area contributed by atoms with Gasteiger partial charge >= 0.3 is 10.3 Å². The molecule has 0 radical (unpaired) electrons. The molecule has 5 heteroatoms. The molecule has 0 unspecified atom stereocenters. The lowest BCUT2D eigenvalue weighted by Gasteiger charge is -1.80. The van der Waals surface area contributed by atoms with Crippen LogP contribution in [0.4, 0.5) is 0 Å². The first-order valence-corrected chi connectivity index (χ1v) is 5.60. The maximum Gasteiger partial charge on any atom is 0.323 e. The minimum absolute atomic E-state index is 0. The number of rotatable bonds is 0. The van der Waals surface area contributed by atoms with E-state index in [1.165, 1.54) is 15.2 Å². The van der Waals surface area contributed by atoms with E-state index in [0.717, 1.165) is 9.99 Å². The summed E-state index contributed by atoms with van der Waals surface area (Å²) in [7, 11) is 3.23. The molecule has 0 fully saturated rings. The highest BCUT2D eigenvalue weighted by molar-refractivity contribution is 9.10. The summed E-state index contributed by atoms with van der Waals surface area (Å²) in [5.41, 5.74) is 1.10. The van der Waals surface area contributed by atoms with E-state index < -0.39 is 0 Å². The minimum Gasteiger partial charge on any atom is -1.00 e. The van der Waals surface area contributed by atoms with Gasteiger partial charge in [-0.3, -0.25) is 0 Å². The molecule has 0 atom stereocenters. The zero-order chi connectivity index (χ0) is 6.97. The Bertz CT molecular complexity index is 362. The molecular weight excluding hydrogens is 266 g/mol. The van der Waals surface area contributed by atoms with E-state index in [9.17, 15) is 0 Å². The molecule has 1 aromatic heterocycles. The molecular formula is C6H3BrClNS2. The highest BCUT2D eigenvalue weighted by Gasteiger charge is 2.07. The second-order valence-corrected chi connectivity index (χ2v) is 4.66. The van der Waals surface area contributed by atoms with Crippen molar-refractivity contribution in [2.45, 2.75) is 0 Å². The van der Waals surface area contributed by atoms with Gasteiger partial charge in [0.2, 0.25) is 0 Å². The number of nitrogens with zero attached hydrogens (tertiary/aromatic N) is 1. The highest BCUT2D eigenvalue weighted by Crippen LogP contribution is 2.24. The van der Waals surface area contributed by atoms with Gasteiger partial charge in [0.05, 0.1) is 0 Å². The lowest BCUT2D eigenvalue weighted by molar-refractivity contribution is -0.00000175. The second-order valence-electron chi connectivity index (χ2n) is 1.86. The molecule has 0 bridgehead atoms. The van der Waals surface area contributed by atoms with E-state index in [0.29, 0.717) is 0 Å². The number of benzene rings is 1. The van der Waals surface area contributed by atoms with E-state index >= 15 is 0 Å². The van der Waals surface area contributed by atoms with E-state index in [4.69, 9.17) is 0 Å². The van der Waals surface area contributed by atoms with Crippen molar-refractivity contribution in [3.8, 4) is 0 Å². The van der Waals surface area contributed by atoms with E-state index in [1.807, 2.05) is 12.1 Å². The molecule has 2 rings (SSSR count). The third kappa shape index (κ3) is 1.87. The second kappa shape index (κ2) is 3.76. The Kier molecular flexibility index (Phi) is 3.18. The maximum absolute atomic E-state index is 4.20. The zero-order valence-corrected chi connectivity index (χ0v) is 9.23. The largest absolute Gasteiger partial charge is 1.00 e. The Morgan fingerprint density at radius 2 is 2.27 bits per heavy atom. The number of hydrogen-bond acceptors (Lipinski definition) is 2. The van der Waals surface area contributed by atoms with Crippen molar-refractivity contribution in [3.05, 3.63) is 22.7 Å². The fraction of sp³-hybridized carbons (Fsp3) is 0. The Morgan fingerprint density at radius 3 is 3.09 bits per heavy atom. The van der Waals surface area contributed by atoms with Gasteiger partial charge in [-0.15, -0.1) is 4.37 Å². The van der Waals surface area contributed by atoms with Crippen molar-refractivity contribution in [1.82, 2.24) is 4.37 Å². The van der Waals surface area contributed by atoms with Crippen LogP contribution in [-0.4, -0.2) is 4.37 Å². The van der Waals surface area contributed by atoms with Crippen LogP contribution in [0.1, 0.15) is 0 Å². The number of hydrogen-bond donors (Lipinski definition) is 0. The molecule has 11 heavy (non-hydrogen) atoms. The minimum atomic E-state index is 0. The topological polar surface area (TPSA) is 12.9 Å². The van der Waals surface area contributed by atoms with Crippen molar-refractivity contribution >= 4 is 47.0 Å². The molecule has 1 nitrogen and oxygen atoms in total. The summed E-state index contributed by atoms with van der Waals surface area (Å²) < 4.78 is 6.57. The SMILES string of the molecule is Brc1ccc2ns[s+]c2c1.[Cl-]. The van der Waals surface area contributed by atoms with Crippen LogP contribution in [0.2, 0.25) is 0 Å². The molecule has 0 aliphatic carbocycles. The summed E-state index contributed by atoms with van der Waals surface area (Å²) in [6.07, 6.45) is 0. The molecule has 58 valence electrons. The van der Waals surface area contributed by atoms with Gasteiger partial charge in [0.25, 0.3) is 15.2 Å². The van der Waals surface area contributed by atoms with E-state index in [1.54, 1.807) is 10.3 Å². The van der Waals surface area contributed by atoms with E-state index in [2.05, 4.69) is 26.4 Å². The first-order chi connectivity index (χ1) is 4.86. The Hall–Kier alpha value is 0.230. The van der Waals surface area contributed by atoms with Gasteiger partial charge in [-0.1, -0.05) is 15.9 Å². The van der Waals surface area contributed by atoms with Gasteiger partial charge < -0.3 is 12.4 Å². The molecule has 0 saturated heterocycles. The molecule has 1 aromatic carbocycles. The lowest BCUT2D eigenvalue weighted by Crippen LogP contribution is -3.00. The fourth-order valence-corrected chi connectivity index (χ4v) is 3.02. The third-order valence-corrected chi connectivity index (χ3v) is 3.52. The van der Waals surface area contributed by atoms with Crippen LogP contribution in [0.25, 0.3) is 10.2 Å². The Balaban J connectivity index is 0.000000605. The van der Waals surface area contributed by atoms with Crippen LogP contribution >= 0.6 is 36.8 Å². The molecule has 0 N–H and O–H groups in total. The van der Waals surface area contributed by atoms with E-state index in [-0.39, 0.29) is 12.4 Å². The van der Waals surface area contributed by atoms with Crippen LogP contribution in [-0.2, 0) is 0 Å². The van der Waals surface area contributed by atoms with Crippen molar-refractivity contribution in [1.29, 1.82) is 0 Å². The lowest BCUT2D eigenvalue weighted by atomic mass is 10.3. The summed E-state index contributed by atoms with van der Waals surface area (Å²) in [5.74, 6) is 0. The zero-order valence-electron chi connectivity index (χ0n) is 5.25. The van der Waals surface area contributed by atoms with Crippen LogP contribution in [0.5, 0.6) is 0 Å². The molecule has 0 spiro atoms. The van der Waals surface area contributed by atoms with Crippen molar-refractivity contribution < 1.29 is 12.4 Å². The predicted octanol–water partition coefficient (Wildman–Crippen LogP) is 0.405. The first kappa shape index (κ1) is 9.32. The van der Waals surface area contributed by atoms with Gasteiger partial charge in [-0.05, 0) is 12.1 Å². The van der Waals surface area contributed by atoms with Gasteiger partial charge in [0, 0.05) is 10.5 Å². The average Bonchev–Trinajstić information content (AvgIpc) is 2.33. The molecule has 1 heterocycles. The van der Waals surface area contributed by atoms with Gasteiger partial charge in [-0.25, -0.2) is 0 Å². The van der Waals surface area contributed by atoms with Crippen LogP contribution in [0.3, 0.4) is 0 Å². The molecule has 0 aliphatic rings. The van der Waals surface area contributed by atoms with Gasteiger partial charge in [0.15, 0.2) is 0 Å². The summed E-state index contributed by atoms with van der Waals surface area (Å²) in [5, 5.41) is 0. The molecule has 0 saturated carbocycles.